The normalized spacial score (nSPS) is 9.65. The van der Waals surface area contributed by atoms with Gasteiger partial charge in [0.2, 0.25) is 0 Å². The Bertz CT molecular complexity index is 678. The van der Waals surface area contributed by atoms with Crippen LogP contribution in [0.25, 0.3) is 0 Å². The fourth-order valence-electron chi connectivity index (χ4n) is 1.45. The number of rotatable bonds is 3. The molecule has 0 saturated carbocycles. The molecule has 20 heavy (non-hydrogen) atoms. The number of anilines is 2. The second kappa shape index (κ2) is 5.99. The van der Waals surface area contributed by atoms with Gasteiger partial charge < -0.3 is 10.6 Å². The Labute approximate surface area is 120 Å². The lowest BCUT2D eigenvalue weighted by Gasteiger charge is -2.07. The first kappa shape index (κ1) is 13.8. The topological polar surface area (TPSA) is 90.7 Å². The molecule has 0 aliphatic rings. The lowest BCUT2D eigenvalue weighted by Crippen LogP contribution is -2.14. The zero-order valence-electron chi connectivity index (χ0n) is 10.5. The van der Waals surface area contributed by atoms with Gasteiger partial charge in [-0.05, 0) is 18.2 Å². The summed E-state index contributed by atoms with van der Waals surface area (Å²) in [5.41, 5.74) is 1.01. The van der Waals surface area contributed by atoms with Crippen molar-refractivity contribution in [1.82, 2.24) is 9.97 Å². The quantitative estimate of drug-likeness (QED) is 0.904. The molecule has 2 rings (SSSR count). The molecule has 1 aromatic carbocycles. The summed E-state index contributed by atoms with van der Waals surface area (Å²) in [7, 11) is 1.71. The van der Waals surface area contributed by atoms with Crippen molar-refractivity contribution >= 4 is 29.0 Å². The number of carbonyl (C=O) groups is 1. The van der Waals surface area contributed by atoms with Crippen LogP contribution in [0.1, 0.15) is 16.1 Å². The standard InChI is InChI=1S/C13H10ClN5O/c1-16-12-7-17-11(6-18-12)13(20)19-10-3-2-8(5-15)4-9(10)14/h2-4,6-7H,1H3,(H,16,18)(H,19,20). The highest BCUT2D eigenvalue weighted by atomic mass is 35.5. The molecule has 100 valence electrons. The Kier molecular flexibility index (Phi) is 4.13. The van der Waals surface area contributed by atoms with Crippen LogP contribution in [0.4, 0.5) is 11.5 Å². The average molecular weight is 288 g/mol. The second-order valence-corrected chi connectivity index (χ2v) is 4.20. The molecular weight excluding hydrogens is 278 g/mol. The van der Waals surface area contributed by atoms with Gasteiger partial charge in [-0.25, -0.2) is 9.97 Å². The van der Waals surface area contributed by atoms with Crippen molar-refractivity contribution in [2.45, 2.75) is 0 Å². The summed E-state index contributed by atoms with van der Waals surface area (Å²) in [6, 6.07) is 6.58. The van der Waals surface area contributed by atoms with E-state index in [0.29, 0.717) is 17.1 Å². The van der Waals surface area contributed by atoms with E-state index in [4.69, 9.17) is 16.9 Å². The fraction of sp³-hybridized carbons (Fsp3) is 0.0769. The Hall–Kier alpha value is -2.65. The van der Waals surface area contributed by atoms with E-state index in [1.165, 1.54) is 18.5 Å². The average Bonchev–Trinajstić information content (AvgIpc) is 2.49. The summed E-state index contributed by atoms with van der Waals surface area (Å²) in [6.07, 6.45) is 2.81. The summed E-state index contributed by atoms with van der Waals surface area (Å²) >= 11 is 5.98. The molecule has 1 aromatic heterocycles. The lowest BCUT2D eigenvalue weighted by atomic mass is 10.2. The Morgan fingerprint density at radius 2 is 2.15 bits per heavy atom. The van der Waals surface area contributed by atoms with Crippen molar-refractivity contribution in [3.8, 4) is 6.07 Å². The largest absolute Gasteiger partial charge is 0.372 e. The van der Waals surface area contributed by atoms with Crippen molar-refractivity contribution in [3.05, 3.63) is 46.9 Å². The predicted molar refractivity (Wildman–Crippen MR) is 75.7 cm³/mol. The first-order valence-corrected chi connectivity index (χ1v) is 6.02. The highest BCUT2D eigenvalue weighted by Gasteiger charge is 2.10. The minimum absolute atomic E-state index is 0.171. The summed E-state index contributed by atoms with van der Waals surface area (Å²) < 4.78 is 0. The van der Waals surface area contributed by atoms with Gasteiger partial charge in [-0.1, -0.05) is 11.6 Å². The lowest BCUT2D eigenvalue weighted by molar-refractivity contribution is 0.102. The molecule has 0 radical (unpaired) electrons. The highest BCUT2D eigenvalue weighted by molar-refractivity contribution is 6.34. The van der Waals surface area contributed by atoms with E-state index in [1.54, 1.807) is 19.2 Å². The van der Waals surface area contributed by atoms with E-state index in [2.05, 4.69) is 20.6 Å². The molecule has 0 fully saturated rings. The van der Waals surface area contributed by atoms with Crippen LogP contribution in [0.3, 0.4) is 0 Å². The molecule has 2 aromatic rings. The van der Waals surface area contributed by atoms with Crippen LogP contribution in [-0.2, 0) is 0 Å². The first-order valence-electron chi connectivity index (χ1n) is 5.65. The van der Waals surface area contributed by atoms with Crippen molar-refractivity contribution in [2.24, 2.45) is 0 Å². The van der Waals surface area contributed by atoms with Crippen LogP contribution in [-0.4, -0.2) is 22.9 Å². The van der Waals surface area contributed by atoms with E-state index >= 15 is 0 Å². The molecule has 0 bridgehead atoms. The number of nitriles is 1. The number of amides is 1. The van der Waals surface area contributed by atoms with Crippen LogP contribution >= 0.6 is 11.6 Å². The molecule has 1 amide bonds. The van der Waals surface area contributed by atoms with Gasteiger partial charge in [0.05, 0.1) is 34.7 Å². The number of nitrogens with zero attached hydrogens (tertiary/aromatic N) is 3. The summed E-state index contributed by atoms with van der Waals surface area (Å²) in [4.78, 5) is 19.9. The Balaban J connectivity index is 2.17. The fourth-order valence-corrected chi connectivity index (χ4v) is 1.67. The molecule has 0 unspecified atom stereocenters. The molecular formula is C13H10ClN5O. The van der Waals surface area contributed by atoms with Gasteiger partial charge in [0.25, 0.3) is 5.91 Å². The molecule has 0 aliphatic heterocycles. The van der Waals surface area contributed by atoms with Crippen LogP contribution < -0.4 is 10.6 Å². The summed E-state index contributed by atoms with van der Waals surface area (Å²) in [5.74, 6) is 0.143. The van der Waals surface area contributed by atoms with Gasteiger partial charge in [0, 0.05) is 7.05 Å². The zero-order valence-corrected chi connectivity index (χ0v) is 11.3. The Morgan fingerprint density at radius 3 is 2.70 bits per heavy atom. The van der Waals surface area contributed by atoms with Gasteiger partial charge in [-0.2, -0.15) is 5.26 Å². The number of halogens is 1. The molecule has 2 N–H and O–H groups in total. The maximum absolute atomic E-state index is 12.0. The first-order chi connectivity index (χ1) is 9.63. The van der Waals surface area contributed by atoms with Crippen LogP contribution in [0, 0.1) is 11.3 Å². The van der Waals surface area contributed by atoms with Crippen molar-refractivity contribution in [1.29, 1.82) is 5.26 Å². The molecule has 0 spiro atoms. The van der Waals surface area contributed by atoms with Crippen molar-refractivity contribution in [2.75, 3.05) is 17.7 Å². The van der Waals surface area contributed by atoms with Crippen molar-refractivity contribution < 1.29 is 4.79 Å². The molecule has 1 heterocycles. The third-order valence-electron chi connectivity index (χ3n) is 2.49. The third kappa shape index (κ3) is 3.02. The number of nitrogens with one attached hydrogen (secondary N) is 2. The van der Waals surface area contributed by atoms with Crippen LogP contribution in [0.5, 0.6) is 0 Å². The highest BCUT2D eigenvalue weighted by Crippen LogP contribution is 2.23. The number of hydrogen-bond donors (Lipinski definition) is 2. The van der Waals surface area contributed by atoms with Crippen LogP contribution in [0.2, 0.25) is 5.02 Å². The SMILES string of the molecule is CNc1cnc(C(=O)Nc2ccc(C#N)cc2Cl)cn1. The van der Waals surface area contributed by atoms with E-state index in [9.17, 15) is 4.79 Å². The summed E-state index contributed by atoms with van der Waals surface area (Å²) in [6.45, 7) is 0. The van der Waals surface area contributed by atoms with Gasteiger partial charge in [0.15, 0.2) is 0 Å². The number of benzene rings is 1. The molecule has 0 atom stereocenters. The maximum Gasteiger partial charge on any atom is 0.275 e. The molecule has 7 heteroatoms. The number of carbonyl (C=O) groups excluding carboxylic acids is 1. The van der Waals surface area contributed by atoms with Gasteiger partial charge in [-0.3, -0.25) is 4.79 Å². The maximum atomic E-state index is 12.0. The van der Waals surface area contributed by atoms with E-state index < -0.39 is 5.91 Å². The van der Waals surface area contributed by atoms with E-state index in [-0.39, 0.29) is 10.7 Å². The monoisotopic (exact) mass is 287 g/mol. The third-order valence-corrected chi connectivity index (χ3v) is 2.80. The smallest absolute Gasteiger partial charge is 0.275 e. The predicted octanol–water partition coefficient (Wildman–Crippen LogP) is 2.30. The van der Waals surface area contributed by atoms with Gasteiger partial charge in [-0.15, -0.1) is 0 Å². The number of aromatic nitrogens is 2. The van der Waals surface area contributed by atoms with Crippen LogP contribution in [0.15, 0.2) is 30.6 Å². The molecule has 0 saturated heterocycles. The number of hydrogen-bond acceptors (Lipinski definition) is 5. The van der Waals surface area contributed by atoms with E-state index in [0.717, 1.165) is 0 Å². The minimum atomic E-state index is -0.424. The van der Waals surface area contributed by atoms with Gasteiger partial charge in [0.1, 0.15) is 11.5 Å². The van der Waals surface area contributed by atoms with Gasteiger partial charge >= 0.3 is 0 Å². The summed E-state index contributed by atoms with van der Waals surface area (Å²) in [5, 5.41) is 14.5. The van der Waals surface area contributed by atoms with E-state index in [1.807, 2.05) is 6.07 Å². The zero-order chi connectivity index (χ0) is 14.5. The van der Waals surface area contributed by atoms with Crippen molar-refractivity contribution in [3.63, 3.8) is 0 Å². The molecule has 0 aliphatic carbocycles. The minimum Gasteiger partial charge on any atom is -0.372 e. The molecule has 6 nitrogen and oxygen atoms in total. The Morgan fingerprint density at radius 1 is 1.35 bits per heavy atom. The second-order valence-electron chi connectivity index (χ2n) is 3.80.